The molecule has 5 nitrogen and oxygen atoms in total. The Balaban J connectivity index is 0.649. The van der Waals surface area contributed by atoms with Crippen LogP contribution in [0.5, 0.6) is 0 Å². The minimum Gasteiger partial charge on any atom is -0.457 e. The summed E-state index contributed by atoms with van der Waals surface area (Å²) in [5.41, 5.74) is 28.0. The second-order valence-corrected chi connectivity index (χ2v) is 25.8. The van der Waals surface area contributed by atoms with Crippen LogP contribution < -0.4 is 9.80 Å². The SMILES string of the molecule is Cc1cc(C=CC2=CC(=C(C#N)C#N)C=C(C=Cc3ccc(N(c4ccccc4)c4ccc(-c5ccc(C(=C(c6ccccc6)c6ccccc6)c6ccccc6)cc5)cc4)cc3)O2)ccc1N(c1ccccc1)c1ccc(-c2ccc(C(=C(c3ccccc3)c3ccccc3)c3ccccc3)cc2)cc1. The van der Waals surface area contributed by atoms with E-state index in [-0.39, 0.29) is 5.57 Å². The summed E-state index contributed by atoms with van der Waals surface area (Å²) in [4.78, 5) is 4.55. The summed E-state index contributed by atoms with van der Waals surface area (Å²) >= 11 is 0. The zero-order valence-electron chi connectivity index (χ0n) is 58.5. The molecule has 0 spiro atoms. The van der Waals surface area contributed by atoms with Crippen molar-refractivity contribution >= 4 is 68.6 Å². The Labute approximate surface area is 621 Å². The normalized spacial score (nSPS) is 11.7. The number of hydrogen-bond donors (Lipinski definition) is 0. The average molecular weight is 1360 g/mol. The Hall–Kier alpha value is -14.4. The minimum atomic E-state index is -0.00689. The molecule has 0 radical (unpaired) electrons. The van der Waals surface area contributed by atoms with Gasteiger partial charge in [0.25, 0.3) is 0 Å². The molecular formula is C101H72N4O. The van der Waals surface area contributed by atoms with Crippen LogP contribution in [0.2, 0.25) is 0 Å². The van der Waals surface area contributed by atoms with Crippen molar-refractivity contribution < 1.29 is 4.74 Å². The summed E-state index contributed by atoms with van der Waals surface area (Å²) in [6.45, 7) is 2.13. The number of anilines is 6. The van der Waals surface area contributed by atoms with E-state index in [2.05, 4.69) is 399 Å². The lowest BCUT2D eigenvalue weighted by atomic mass is 9.85. The lowest BCUT2D eigenvalue weighted by Gasteiger charge is -2.27. The van der Waals surface area contributed by atoms with E-state index in [9.17, 15) is 10.5 Å². The van der Waals surface area contributed by atoms with Gasteiger partial charge < -0.3 is 14.5 Å². The van der Waals surface area contributed by atoms with Gasteiger partial charge >= 0.3 is 0 Å². The third-order valence-electron chi connectivity index (χ3n) is 19.0. The highest BCUT2D eigenvalue weighted by Gasteiger charge is 2.22. The monoisotopic (exact) mass is 1360 g/mol. The molecule has 106 heavy (non-hydrogen) atoms. The third kappa shape index (κ3) is 15.3. The largest absolute Gasteiger partial charge is 0.457 e. The predicted octanol–water partition coefficient (Wildman–Crippen LogP) is 26.2. The Bertz CT molecular complexity index is 5600. The van der Waals surface area contributed by atoms with Crippen LogP contribution in [0.25, 0.3) is 56.7 Å². The molecule has 14 aromatic carbocycles. The number of hydrogen-bond acceptors (Lipinski definition) is 5. The van der Waals surface area contributed by atoms with Crippen molar-refractivity contribution in [3.05, 3.63) is 490 Å². The van der Waals surface area contributed by atoms with Gasteiger partial charge in [0.1, 0.15) is 29.2 Å². The van der Waals surface area contributed by atoms with Crippen molar-refractivity contribution in [3.63, 3.8) is 0 Å². The number of benzene rings is 14. The molecule has 0 amide bonds. The second-order valence-electron chi connectivity index (χ2n) is 25.8. The van der Waals surface area contributed by atoms with Crippen LogP contribution in [0.15, 0.2) is 429 Å². The Morgan fingerprint density at radius 2 is 0.538 bits per heavy atom. The maximum absolute atomic E-state index is 10.1. The van der Waals surface area contributed by atoms with E-state index in [4.69, 9.17) is 4.74 Å². The summed E-state index contributed by atoms with van der Waals surface area (Å²) in [5.74, 6) is 0.975. The molecule has 0 fully saturated rings. The summed E-state index contributed by atoms with van der Waals surface area (Å²) in [7, 11) is 0. The van der Waals surface area contributed by atoms with Gasteiger partial charge in [-0.05, 0) is 210 Å². The number of ether oxygens (including phenoxy) is 1. The smallest absolute Gasteiger partial charge is 0.137 e. The van der Waals surface area contributed by atoms with Crippen LogP contribution in [0.3, 0.4) is 0 Å². The van der Waals surface area contributed by atoms with Gasteiger partial charge in [-0.15, -0.1) is 0 Å². The fraction of sp³-hybridized carbons (Fsp3) is 0.00990. The van der Waals surface area contributed by atoms with Crippen molar-refractivity contribution in [2.75, 3.05) is 9.80 Å². The number of nitriles is 2. The van der Waals surface area contributed by atoms with E-state index >= 15 is 0 Å². The maximum atomic E-state index is 10.1. The van der Waals surface area contributed by atoms with E-state index in [0.717, 1.165) is 118 Å². The molecule has 0 N–H and O–H groups in total. The van der Waals surface area contributed by atoms with Crippen LogP contribution in [0, 0.1) is 29.6 Å². The van der Waals surface area contributed by atoms with E-state index in [1.807, 2.05) is 36.4 Å². The Morgan fingerprint density at radius 3 is 0.868 bits per heavy atom. The van der Waals surface area contributed by atoms with Crippen LogP contribution in [0.1, 0.15) is 61.2 Å². The van der Waals surface area contributed by atoms with Crippen molar-refractivity contribution in [1.29, 1.82) is 10.5 Å². The molecule has 15 rings (SSSR count). The van der Waals surface area contributed by atoms with Gasteiger partial charge in [0.2, 0.25) is 0 Å². The highest BCUT2D eigenvalue weighted by molar-refractivity contribution is 6.06. The summed E-state index contributed by atoms with van der Waals surface area (Å²) in [6, 6.07) is 139. The lowest BCUT2D eigenvalue weighted by molar-refractivity contribution is 0.332. The van der Waals surface area contributed by atoms with Gasteiger partial charge in [0, 0.05) is 39.7 Å². The number of nitrogens with zero attached hydrogens (tertiary/aromatic N) is 4. The molecule has 1 aliphatic rings. The van der Waals surface area contributed by atoms with Crippen molar-refractivity contribution in [2.24, 2.45) is 0 Å². The first-order valence-corrected chi connectivity index (χ1v) is 35.6. The van der Waals surface area contributed by atoms with E-state index in [1.165, 1.54) is 22.3 Å². The molecule has 0 saturated carbocycles. The Morgan fingerprint density at radius 1 is 0.274 bits per heavy atom. The molecule has 0 atom stereocenters. The predicted molar refractivity (Wildman–Crippen MR) is 440 cm³/mol. The molecular weight excluding hydrogens is 1290 g/mol. The number of aryl methyl sites for hydroxylation is 1. The lowest BCUT2D eigenvalue weighted by Crippen LogP contribution is -2.11. The fourth-order valence-corrected chi connectivity index (χ4v) is 13.9. The highest BCUT2D eigenvalue weighted by Crippen LogP contribution is 2.43. The summed E-state index contributed by atoms with van der Waals surface area (Å²) in [5, 5.41) is 20.2. The van der Waals surface area contributed by atoms with E-state index in [1.54, 1.807) is 12.2 Å². The topological polar surface area (TPSA) is 63.3 Å². The molecule has 14 aromatic rings. The zero-order chi connectivity index (χ0) is 71.8. The molecule has 0 unspecified atom stereocenters. The maximum Gasteiger partial charge on any atom is 0.137 e. The van der Waals surface area contributed by atoms with Crippen molar-refractivity contribution in [1.82, 2.24) is 0 Å². The average Bonchev–Trinajstić information content (AvgIpc) is 0.796. The molecule has 1 aliphatic heterocycles. The van der Waals surface area contributed by atoms with Gasteiger partial charge in [0.15, 0.2) is 0 Å². The summed E-state index contributed by atoms with van der Waals surface area (Å²) in [6.07, 6.45) is 11.2. The quantitative estimate of drug-likeness (QED) is 0.0562. The second kappa shape index (κ2) is 32.1. The number of allylic oxidation sites excluding steroid dienone is 6. The van der Waals surface area contributed by atoms with Crippen LogP contribution in [-0.4, -0.2) is 0 Å². The first-order valence-electron chi connectivity index (χ1n) is 35.6. The van der Waals surface area contributed by atoms with Crippen LogP contribution >= 0.6 is 0 Å². The standard InChI is InChI=1S/C101H72N4O/c1-73-68-75(46-67-97(73)105(91-40-24-9-25-41-91)94-63-57-79(58-64-94)77-49-53-87(54-50-77)101(85-36-20-7-21-37-85)99(82-30-14-4-15-31-82)83-32-16-5-17-33-83)45-66-96-70-88(89(71-102)72-103)69-95(106-96)65-44-74-42-59-92(60-43-74)104(90-38-22-8-23-39-90)93-61-55-78(56-62-93)76-47-51-86(52-48-76)100(84-34-18-6-19-35-84)98(80-26-10-2-11-27-80)81-28-12-3-13-29-81/h2-70H,1H3. The molecule has 502 valence electrons. The van der Waals surface area contributed by atoms with Crippen LogP contribution in [0.4, 0.5) is 34.1 Å². The number of rotatable bonds is 20. The number of para-hydroxylation sites is 2. The first-order chi connectivity index (χ1) is 52.4. The Kier molecular flexibility index (Phi) is 20.4. The zero-order valence-corrected chi connectivity index (χ0v) is 58.5. The van der Waals surface area contributed by atoms with Crippen molar-refractivity contribution in [3.8, 4) is 34.4 Å². The van der Waals surface area contributed by atoms with Gasteiger partial charge in [-0.1, -0.05) is 322 Å². The molecule has 5 heteroatoms. The van der Waals surface area contributed by atoms with Crippen LogP contribution in [-0.2, 0) is 4.74 Å². The third-order valence-corrected chi connectivity index (χ3v) is 19.0. The molecule has 1 heterocycles. The van der Waals surface area contributed by atoms with E-state index < -0.39 is 0 Å². The van der Waals surface area contributed by atoms with Gasteiger partial charge in [-0.3, -0.25) is 0 Å². The first kappa shape index (κ1) is 67.5. The van der Waals surface area contributed by atoms with Crippen molar-refractivity contribution in [2.45, 2.75) is 6.92 Å². The fourth-order valence-electron chi connectivity index (χ4n) is 13.9. The van der Waals surface area contributed by atoms with E-state index in [0.29, 0.717) is 17.1 Å². The molecule has 0 aromatic heterocycles. The minimum absolute atomic E-state index is 0.00689. The molecule has 0 aliphatic carbocycles. The van der Waals surface area contributed by atoms with Gasteiger partial charge in [0.05, 0.1) is 0 Å². The highest BCUT2D eigenvalue weighted by atomic mass is 16.5. The van der Waals surface area contributed by atoms with Gasteiger partial charge in [-0.25, -0.2) is 0 Å². The van der Waals surface area contributed by atoms with Gasteiger partial charge in [-0.2, -0.15) is 10.5 Å². The molecule has 0 saturated heterocycles. The molecule has 0 bridgehead atoms. The summed E-state index contributed by atoms with van der Waals surface area (Å²) < 4.78 is 6.50.